The van der Waals surface area contributed by atoms with Crippen molar-refractivity contribution in [3.63, 3.8) is 0 Å². The smallest absolute Gasteiger partial charge is 0.406 e. The molecule has 0 saturated carbocycles. The van der Waals surface area contributed by atoms with Crippen LogP contribution in [-0.4, -0.2) is 74.4 Å². The Labute approximate surface area is 343 Å². The largest absolute Gasteiger partial charge is 0.453 e. The molecule has 59 heavy (non-hydrogen) atoms. The highest BCUT2D eigenvalue weighted by molar-refractivity contribution is 5.91. The molecule has 1 aliphatic carbocycles. The van der Waals surface area contributed by atoms with Crippen LogP contribution in [0.15, 0.2) is 91.1 Å². The summed E-state index contributed by atoms with van der Waals surface area (Å²) >= 11 is 0. The van der Waals surface area contributed by atoms with Gasteiger partial charge in [0.15, 0.2) is 0 Å². The second kappa shape index (κ2) is 16.2. The van der Waals surface area contributed by atoms with E-state index in [-0.39, 0.29) is 29.8 Å². The van der Waals surface area contributed by atoms with E-state index in [1.54, 1.807) is 0 Å². The number of carbonyl (C=O) groups excluding carboxylic acids is 3. The van der Waals surface area contributed by atoms with Gasteiger partial charge < -0.3 is 35.6 Å². The molecule has 302 valence electrons. The normalized spacial score (nSPS) is 18.4. The molecule has 0 spiro atoms. The lowest BCUT2D eigenvalue weighted by Gasteiger charge is -2.26. The summed E-state index contributed by atoms with van der Waals surface area (Å²) in [4.78, 5) is 59.2. The number of aromatic nitrogens is 4. The molecule has 3 amide bonds. The number of carbonyl (C=O) groups is 3. The van der Waals surface area contributed by atoms with Gasteiger partial charge in [-0.1, -0.05) is 79.7 Å². The standard InChI is InChI=1S/C47H50N8O4/c1-28(26-50-47(58)59-2)22-41(56)54-20-6-11-40(54)45-51-37-19-17-34-24-33(16-18-36(34)43(37)53-45)30-12-13-32-25-35(15-14-31(32)23-30)38-27-49-44(52-38)39-10-7-21-55(39)46(57)42(48)29-8-4-3-5-9-29/h3-5,8-9,12-16,18,23-25,27-28,39-40,42H,6-7,10-11,17,19-22,26,48H2,1-2H3,(H,49,52)(H,50,58)(H,51,53). The maximum absolute atomic E-state index is 13.5. The van der Waals surface area contributed by atoms with E-state index in [0.717, 1.165) is 94.7 Å². The number of aromatic amines is 2. The van der Waals surface area contributed by atoms with Crippen LogP contribution in [0, 0.1) is 5.92 Å². The highest BCUT2D eigenvalue weighted by atomic mass is 16.5. The first-order valence-electron chi connectivity index (χ1n) is 20.8. The number of hydrogen-bond donors (Lipinski definition) is 4. The van der Waals surface area contributed by atoms with Crippen LogP contribution in [-0.2, 0) is 27.2 Å². The van der Waals surface area contributed by atoms with Gasteiger partial charge in [-0.3, -0.25) is 9.59 Å². The second-order valence-electron chi connectivity index (χ2n) is 16.3. The number of hydrogen-bond acceptors (Lipinski definition) is 7. The van der Waals surface area contributed by atoms with Crippen LogP contribution >= 0.6 is 0 Å². The van der Waals surface area contributed by atoms with Crippen LogP contribution in [0.1, 0.15) is 85.6 Å². The number of rotatable bonds is 10. The molecule has 4 atom stereocenters. The molecule has 3 aliphatic rings. The molecule has 0 bridgehead atoms. The van der Waals surface area contributed by atoms with Crippen molar-refractivity contribution >= 4 is 28.7 Å². The molecule has 2 aromatic heterocycles. The minimum Gasteiger partial charge on any atom is -0.453 e. The molecule has 2 fully saturated rings. The quantitative estimate of drug-likeness (QED) is 0.110. The van der Waals surface area contributed by atoms with Gasteiger partial charge in [0.2, 0.25) is 11.8 Å². The van der Waals surface area contributed by atoms with Gasteiger partial charge in [-0.25, -0.2) is 14.8 Å². The lowest BCUT2D eigenvalue weighted by Crippen LogP contribution is -2.38. The SMILES string of the molecule is COC(=O)NCC(C)CC(=O)N1CCCC1c1nc2c([nH]1)-c1ccc(-c3ccc4cc(-c5cnc(C6CCCN6C(=O)C(N)c6ccccc6)[nH]5)ccc4c3)cc1CC2. The van der Waals surface area contributed by atoms with Gasteiger partial charge in [0, 0.05) is 37.2 Å². The second-order valence-corrected chi connectivity index (χ2v) is 16.3. The van der Waals surface area contributed by atoms with Crippen molar-refractivity contribution in [2.45, 2.75) is 70.0 Å². The van der Waals surface area contributed by atoms with Gasteiger partial charge in [-0.05, 0) is 89.6 Å². The third kappa shape index (κ3) is 7.60. The van der Waals surface area contributed by atoms with Crippen molar-refractivity contribution in [2.24, 2.45) is 11.7 Å². The Kier molecular flexibility index (Phi) is 10.5. The van der Waals surface area contributed by atoms with Crippen LogP contribution in [0.5, 0.6) is 0 Å². The Bertz CT molecular complexity index is 2530. The molecule has 12 heteroatoms. The summed E-state index contributed by atoms with van der Waals surface area (Å²) < 4.78 is 4.67. The van der Waals surface area contributed by atoms with E-state index in [4.69, 9.17) is 15.7 Å². The third-order valence-corrected chi connectivity index (χ3v) is 12.4. The first kappa shape index (κ1) is 38.3. The molecule has 6 aromatic rings. The summed E-state index contributed by atoms with van der Waals surface area (Å²) in [7, 11) is 1.33. The van der Waals surface area contributed by atoms with Crippen LogP contribution < -0.4 is 11.1 Å². The van der Waals surface area contributed by atoms with Crippen molar-refractivity contribution in [3.8, 4) is 33.6 Å². The topological polar surface area (TPSA) is 162 Å². The Balaban J connectivity index is 0.883. The number of nitrogens with one attached hydrogen (secondary N) is 3. The molecule has 4 unspecified atom stereocenters. The third-order valence-electron chi connectivity index (χ3n) is 12.4. The van der Waals surface area contributed by atoms with Gasteiger partial charge >= 0.3 is 6.09 Å². The van der Waals surface area contributed by atoms with Crippen LogP contribution in [0.25, 0.3) is 44.4 Å². The van der Waals surface area contributed by atoms with E-state index in [1.165, 1.54) is 23.8 Å². The maximum atomic E-state index is 13.5. The Morgan fingerprint density at radius 1 is 0.847 bits per heavy atom. The average molecular weight is 791 g/mol. The lowest BCUT2D eigenvalue weighted by atomic mass is 9.89. The number of nitrogens with zero attached hydrogens (tertiary/aromatic N) is 4. The monoisotopic (exact) mass is 790 g/mol. The molecular weight excluding hydrogens is 741 g/mol. The number of H-pyrrole nitrogens is 2. The minimum atomic E-state index is -0.700. The number of amides is 3. The van der Waals surface area contributed by atoms with Gasteiger partial charge in [0.25, 0.3) is 0 Å². The van der Waals surface area contributed by atoms with Gasteiger partial charge in [-0.15, -0.1) is 0 Å². The number of methoxy groups -OCH3 is 1. The molecule has 9 rings (SSSR count). The van der Waals surface area contributed by atoms with Gasteiger partial charge in [0.1, 0.15) is 17.7 Å². The zero-order valence-corrected chi connectivity index (χ0v) is 33.5. The summed E-state index contributed by atoms with van der Waals surface area (Å²) in [6.07, 6.45) is 7.02. The zero-order valence-electron chi connectivity index (χ0n) is 33.5. The lowest BCUT2D eigenvalue weighted by molar-refractivity contribution is -0.134. The predicted octanol–water partition coefficient (Wildman–Crippen LogP) is 7.79. The summed E-state index contributed by atoms with van der Waals surface area (Å²) in [5.74, 6) is 1.64. The van der Waals surface area contributed by atoms with E-state index in [0.29, 0.717) is 26.1 Å². The van der Waals surface area contributed by atoms with Crippen LogP contribution in [0.3, 0.4) is 0 Å². The first-order chi connectivity index (χ1) is 28.7. The maximum Gasteiger partial charge on any atom is 0.406 e. The van der Waals surface area contributed by atoms with E-state index >= 15 is 0 Å². The highest BCUT2D eigenvalue weighted by Gasteiger charge is 2.36. The number of ether oxygens (including phenoxy) is 1. The van der Waals surface area contributed by atoms with E-state index in [1.807, 2.05) is 53.3 Å². The fourth-order valence-corrected chi connectivity index (χ4v) is 9.18. The van der Waals surface area contributed by atoms with Gasteiger partial charge in [0.05, 0.1) is 42.5 Å². The van der Waals surface area contributed by atoms with Crippen molar-refractivity contribution in [3.05, 3.63) is 120 Å². The number of alkyl carbamates (subject to hydrolysis) is 1. The molecule has 12 nitrogen and oxygen atoms in total. The fraction of sp³-hybridized carbons (Fsp3) is 0.340. The number of imidazole rings is 2. The molecule has 2 aliphatic heterocycles. The summed E-state index contributed by atoms with van der Waals surface area (Å²) in [5.41, 5.74) is 16.1. The molecule has 4 aromatic carbocycles. The number of nitrogens with two attached hydrogens (primary N) is 1. The number of likely N-dealkylation sites (tertiary alicyclic amines) is 2. The average Bonchev–Trinajstić information content (AvgIpc) is 4.11. The Morgan fingerprint density at radius 3 is 2.32 bits per heavy atom. The van der Waals surface area contributed by atoms with Crippen molar-refractivity contribution in [1.82, 2.24) is 35.1 Å². The summed E-state index contributed by atoms with van der Waals surface area (Å²) in [6.45, 7) is 3.72. The first-order valence-corrected chi connectivity index (χ1v) is 20.8. The van der Waals surface area contributed by atoms with Gasteiger partial charge in [-0.2, -0.15) is 0 Å². The predicted molar refractivity (Wildman–Crippen MR) is 227 cm³/mol. The fourth-order valence-electron chi connectivity index (χ4n) is 9.18. The minimum absolute atomic E-state index is 0.00982. The van der Waals surface area contributed by atoms with E-state index in [2.05, 4.69) is 74.6 Å². The molecule has 4 heterocycles. The number of fused-ring (bicyclic) bond motifs is 4. The van der Waals surface area contributed by atoms with Crippen LogP contribution in [0.2, 0.25) is 0 Å². The van der Waals surface area contributed by atoms with Crippen molar-refractivity contribution in [2.75, 3.05) is 26.7 Å². The van der Waals surface area contributed by atoms with E-state index < -0.39 is 12.1 Å². The summed E-state index contributed by atoms with van der Waals surface area (Å²) in [6, 6.07) is 28.4. The Hall–Kier alpha value is -6.27. The molecule has 0 radical (unpaired) electrons. The van der Waals surface area contributed by atoms with Crippen molar-refractivity contribution in [1.29, 1.82) is 0 Å². The molecule has 5 N–H and O–H groups in total. The highest BCUT2D eigenvalue weighted by Crippen LogP contribution is 2.39. The van der Waals surface area contributed by atoms with E-state index in [9.17, 15) is 14.4 Å². The zero-order chi connectivity index (χ0) is 40.6. The summed E-state index contributed by atoms with van der Waals surface area (Å²) in [5, 5.41) is 4.98. The van der Waals surface area contributed by atoms with Crippen LogP contribution in [0.4, 0.5) is 4.79 Å². The number of benzene rings is 4. The van der Waals surface area contributed by atoms with Crippen molar-refractivity contribution < 1.29 is 19.1 Å². The molecular formula is C47H50N8O4. The molecule has 2 saturated heterocycles. The number of aryl methyl sites for hydroxylation is 2. The Morgan fingerprint density at radius 2 is 1.54 bits per heavy atom.